The van der Waals surface area contributed by atoms with Crippen molar-refractivity contribution in [2.24, 2.45) is 5.73 Å². The van der Waals surface area contributed by atoms with Gasteiger partial charge in [-0.25, -0.2) is 0 Å². The first kappa shape index (κ1) is 16.6. The van der Waals surface area contributed by atoms with Crippen LogP contribution in [0.1, 0.15) is 40.7 Å². The number of carbonyl (C=O) groups excluding carboxylic acids is 1. The summed E-state index contributed by atoms with van der Waals surface area (Å²) in [6.07, 6.45) is 1.04. The van der Waals surface area contributed by atoms with Crippen molar-refractivity contribution >= 4 is 17.1 Å². The SMILES string of the molecule is Cc1ccsc1C1C(C#N)=C(N)OC2=C1C(=O)CC(c1ccccc1)C2. The van der Waals surface area contributed by atoms with E-state index in [-0.39, 0.29) is 17.6 Å². The Labute approximate surface area is 156 Å². The number of thiophene rings is 1. The Morgan fingerprint density at radius 1 is 1.23 bits per heavy atom. The van der Waals surface area contributed by atoms with Gasteiger partial charge in [-0.2, -0.15) is 5.26 Å². The van der Waals surface area contributed by atoms with Crippen molar-refractivity contribution in [2.75, 3.05) is 0 Å². The number of aryl methyl sites for hydroxylation is 1. The standard InChI is InChI=1S/C21H18N2O2S/c1-12-7-8-26-20(12)18-15(11-22)21(23)25-17-10-14(9-16(24)19(17)18)13-5-3-2-4-6-13/h2-8,14,18H,9-10,23H2,1H3. The monoisotopic (exact) mass is 362 g/mol. The highest BCUT2D eigenvalue weighted by Gasteiger charge is 2.41. The van der Waals surface area contributed by atoms with Gasteiger partial charge >= 0.3 is 0 Å². The van der Waals surface area contributed by atoms with Gasteiger partial charge in [-0.3, -0.25) is 4.79 Å². The maximum absolute atomic E-state index is 13.1. The number of allylic oxidation sites excluding steroid dienone is 3. The van der Waals surface area contributed by atoms with Crippen LogP contribution in [0.15, 0.2) is 64.6 Å². The third-order valence-electron chi connectivity index (χ3n) is 5.10. The summed E-state index contributed by atoms with van der Waals surface area (Å²) in [4.78, 5) is 14.1. The van der Waals surface area contributed by atoms with Crippen LogP contribution < -0.4 is 5.73 Å². The Morgan fingerprint density at radius 3 is 2.65 bits per heavy atom. The lowest BCUT2D eigenvalue weighted by atomic mass is 9.75. The molecule has 1 aromatic carbocycles. The number of rotatable bonds is 2. The van der Waals surface area contributed by atoms with Crippen LogP contribution in [-0.2, 0) is 9.53 Å². The van der Waals surface area contributed by atoms with Crippen molar-refractivity contribution in [2.45, 2.75) is 31.6 Å². The van der Waals surface area contributed by atoms with E-state index in [0.29, 0.717) is 29.7 Å². The summed E-state index contributed by atoms with van der Waals surface area (Å²) in [5.74, 6) is 0.435. The summed E-state index contributed by atoms with van der Waals surface area (Å²) < 4.78 is 5.78. The summed E-state index contributed by atoms with van der Waals surface area (Å²) in [5, 5.41) is 11.6. The minimum Gasteiger partial charge on any atom is -0.444 e. The zero-order valence-corrected chi connectivity index (χ0v) is 15.2. The maximum atomic E-state index is 13.1. The van der Waals surface area contributed by atoms with Crippen molar-refractivity contribution < 1.29 is 9.53 Å². The van der Waals surface area contributed by atoms with Crippen LogP contribution in [0.25, 0.3) is 0 Å². The molecule has 0 bridgehead atoms. The first-order valence-corrected chi connectivity index (χ1v) is 9.41. The van der Waals surface area contributed by atoms with Gasteiger partial charge in [0.05, 0.1) is 5.92 Å². The Hall–Kier alpha value is -2.84. The number of ether oxygens (including phenoxy) is 1. The fraction of sp³-hybridized carbons (Fsp3) is 0.238. The number of Topliss-reactive ketones (excluding diaryl/α,β-unsaturated/α-hetero) is 1. The van der Waals surface area contributed by atoms with Crippen LogP contribution in [0.4, 0.5) is 0 Å². The summed E-state index contributed by atoms with van der Waals surface area (Å²) in [6, 6.07) is 14.2. The normalized spacial score (nSPS) is 22.7. The third kappa shape index (κ3) is 2.63. The summed E-state index contributed by atoms with van der Waals surface area (Å²) >= 11 is 1.55. The molecule has 2 aliphatic rings. The lowest BCUT2D eigenvalue weighted by Gasteiger charge is -2.33. The molecular formula is C21H18N2O2S. The molecule has 2 atom stereocenters. The smallest absolute Gasteiger partial charge is 0.205 e. The van der Waals surface area contributed by atoms with E-state index in [1.54, 1.807) is 11.3 Å². The Morgan fingerprint density at radius 2 is 2.00 bits per heavy atom. The molecule has 0 saturated carbocycles. The lowest BCUT2D eigenvalue weighted by Crippen LogP contribution is -2.29. The highest BCUT2D eigenvalue weighted by Crippen LogP contribution is 2.48. The molecule has 4 nitrogen and oxygen atoms in total. The van der Waals surface area contributed by atoms with Gasteiger partial charge in [0.1, 0.15) is 17.4 Å². The molecule has 2 N–H and O–H groups in total. The van der Waals surface area contributed by atoms with Crippen molar-refractivity contribution in [3.05, 3.63) is 80.6 Å². The Balaban J connectivity index is 1.80. The third-order valence-corrected chi connectivity index (χ3v) is 6.18. The minimum absolute atomic E-state index is 0.0400. The fourth-order valence-corrected chi connectivity index (χ4v) is 4.86. The second-order valence-corrected chi connectivity index (χ2v) is 7.62. The van der Waals surface area contributed by atoms with Gasteiger partial charge in [0, 0.05) is 23.3 Å². The Bertz CT molecular complexity index is 979. The molecule has 1 aromatic heterocycles. The van der Waals surface area contributed by atoms with Crippen LogP contribution in [0, 0.1) is 18.3 Å². The molecule has 2 aromatic rings. The average Bonchev–Trinajstić information content (AvgIpc) is 3.06. The number of nitriles is 1. The first-order valence-electron chi connectivity index (χ1n) is 8.53. The van der Waals surface area contributed by atoms with E-state index in [9.17, 15) is 10.1 Å². The second-order valence-electron chi connectivity index (χ2n) is 6.67. The Kier molecular flexibility index (Phi) is 4.14. The van der Waals surface area contributed by atoms with Crippen molar-refractivity contribution in [3.8, 4) is 6.07 Å². The molecule has 4 rings (SSSR count). The van der Waals surface area contributed by atoms with E-state index in [4.69, 9.17) is 10.5 Å². The molecule has 26 heavy (non-hydrogen) atoms. The minimum atomic E-state index is -0.409. The number of benzene rings is 1. The zero-order chi connectivity index (χ0) is 18.3. The molecule has 0 spiro atoms. The largest absolute Gasteiger partial charge is 0.444 e. The van der Waals surface area contributed by atoms with Crippen LogP contribution in [0.5, 0.6) is 0 Å². The van der Waals surface area contributed by atoms with Crippen LogP contribution in [0.2, 0.25) is 0 Å². The topological polar surface area (TPSA) is 76.1 Å². The van der Waals surface area contributed by atoms with Crippen molar-refractivity contribution in [1.82, 2.24) is 0 Å². The van der Waals surface area contributed by atoms with E-state index in [1.807, 2.05) is 48.7 Å². The molecular weight excluding hydrogens is 344 g/mol. The van der Waals surface area contributed by atoms with Gasteiger partial charge in [0.15, 0.2) is 5.78 Å². The van der Waals surface area contributed by atoms with E-state index in [1.165, 1.54) is 0 Å². The number of hydrogen-bond acceptors (Lipinski definition) is 5. The van der Waals surface area contributed by atoms with E-state index in [2.05, 4.69) is 6.07 Å². The molecule has 2 unspecified atom stereocenters. The predicted molar refractivity (Wildman–Crippen MR) is 100 cm³/mol. The molecule has 0 amide bonds. The molecule has 0 radical (unpaired) electrons. The summed E-state index contributed by atoms with van der Waals surface area (Å²) in [5.41, 5.74) is 9.19. The molecule has 5 heteroatoms. The molecule has 130 valence electrons. The van der Waals surface area contributed by atoms with Crippen LogP contribution >= 0.6 is 11.3 Å². The number of ketones is 1. The number of hydrogen-bond donors (Lipinski definition) is 1. The van der Waals surface area contributed by atoms with Crippen LogP contribution in [0.3, 0.4) is 0 Å². The van der Waals surface area contributed by atoms with Gasteiger partial charge < -0.3 is 10.5 Å². The molecule has 0 saturated heterocycles. The van der Waals surface area contributed by atoms with Gasteiger partial charge in [0.25, 0.3) is 0 Å². The second kappa shape index (κ2) is 6.47. The van der Waals surface area contributed by atoms with Gasteiger partial charge in [-0.15, -0.1) is 11.3 Å². The number of nitrogens with zero attached hydrogens (tertiary/aromatic N) is 1. The van der Waals surface area contributed by atoms with Crippen molar-refractivity contribution in [3.63, 3.8) is 0 Å². The molecule has 0 fully saturated rings. The van der Waals surface area contributed by atoms with E-state index >= 15 is 0 Å². The highest BCUT2D eigenvalue weighted by molar-refractivity contribution is 7.10. The van der Waals surface area contributed by atoms with E-state index in [0.717, 1.165) is 16.0 Å². The molecule has 2 heterocycles. The average molecular weight is 362 g/mol. The zero-order valence-electron chi connectivity index (χ0n) is 14.4. The number of nitrogens with two attached hydrogens (primary N) is 1. The highest BCUT2D eigenvalue weighted by atomic mass is 32.1. The number of carbonyl (C=O) groups is 1. The van der Waals surface area contributed by atoms with Gasteiger partial charge in [-0.1, -0.05) is 30.3 Å². The molecule has 1 aliphatic heterocycles. The first-order chi connectivity index (χ1) is 12.6. The van der Waals surface area contributed by atoms with Gasteiger partial charge in [0.2, 0.25) is 5.88 Å². The summed E-state index contributed by atoms with van der Waals surface area (Å²) in [6.45, 7) is 1.99. The maximum Gasteiger partial charge on any atom is 0.205 e. The fourth-order valence-electron chi connectivity index (χ4n) is 3.81. The lowest BCUT2D eigenvalue weighted by molar-refractivity contribution is -0.117. The van der Waals surface area contributed by atoms with Crippen LogP contribution in [-0.4, -0.2) is 5.78 Å². The quantitative estimate of drug-likeness (QED) is 0.866. The predicted octanol–water partition coefficient (Wildman–Crippen LogP) is 4.27. The van der Waals surface area contributed by atoms with E-state index < -0.39 is 5.92 Å². The van der Waals surface area contributed by atoms with Crippen molar-refractivity contribution in [1.29, 1.82) is 5.26 Å². The molecule has 1 aliphatic carbocycles. The van der Waals surface area contributed by atoms with Gasteiger partial charge in [-0.05, 0) is 35.4 Å². The summed E-state index contributed by atoms with van der Waals surface area (Å²) in [7, 11) is 0.